The zero-order valence-electron chi connectivity index (χ0n) is 16.4. The van der Waals surface area contributed by atoms with Gasteiger partial charge in [-0.15, -0.1) is 0 Å². The molecule has 0 N–H and O–H groups in total. The molecule has 6 nitrogen and oxygen atoms in total. The zero-order chi connectivity index (χ0) is 22.0. The minimum Gasteiger partial charge on any atom is -0.493 e. The fourth-order valence-corrected chi connectivity index (χ4v) is 3.41. The Labute approximate surface area is 187 Å². The summed E-state index contributed by atoms with van der Waals surface area (Å²) in [6.45, 7) is 0.216. The molecule has 156 valence electrons. The Morgan fingerprint density at radius 1 is 1.07 bits per heavy atom. The van der Waals surface area contributed by atoms with Crippen molar-refractivity contribution in [2.24, 2.45) is 0 Å². The number of thiocarbonyl (C=S) groups is 1. The lowest BCUT2D eigenvalue weighted by atomic mass is 10.1. The van der Waals surface area contributed by atoms with Crippen LogP contribution in [-0.2, 0) is 16.2 Å². The van der Waals surface area contributed by atoms with Crippen LogP contribution in [0.4, 0.5) is 4.39 Å². The number of hydrogen-bond acceptors (Lipinski definition) is 5. The summed E-state index contributed by atoms with van der Waals surface area (Å²) >= 11 is 8.55. The first-order chi connectivity index (χ1) is 14.2. The van der Waals surface area contributed by atoms with E-state index in [1.54, 1.807) is 24.3 Å². The van der Waals surface area contributed by atoms with E-state index < -0.39 is 11.8 Å². The number of ether oxygens (including phenoxy) is 2. The van der Waals surface area contributed by atoms with E-state index in [9.17, 15) is 14.0 Å². The van der Waals surface area contributed by atoms with E-state index in [0.717, 1.165) is 5.56 Å². The summed E-state index contributed by atoms with van der Waals surface area (Å²) in [6.07, 6.45) is 1.48. The number of carbonyl (C=O) groups is 2. The molecule has 1 fully saturated rings. The molecule has 3 rings (SSSR count). The summed E-state index contributed by atoms with van der Waals surface area (Å²) in [5, 5.41) is 0.142. The van der Waals surface area contributed by atoms with Gasteiger partial charge in [0.2, 0.25) is 0 Å². The van der Waals surface area contributed by atoms with E-state index in [2.05, 4.69) is 15.9 Å². The van der Waals surface area contributed by atoms with Crippen molar-refractivity contribution in [3.05, 3.63) is 63.4 Å². The fourth-order valence-electron chi connectivity index (χ4n) is 2.81. The molecule has 0 bridgehead atoms. The van der Waals surface area contributed by atoms with Crippen LogP contribution in [0.3, 0.4) is 0 Å². The van der Waals surface area contributed by atoms with Crippen LogP contribution in [0.5, 0.6) is 11.5 Å². The molecule has 2 aromatic rings. The van der Waals surface area contributed by atoms with Gasteiger partial charge in [-0.2, -0.15) is 0 Å². The molecule has 1 saturated heterocycles. The van der Waals surface area contributed by atoms with Gasteiger partial charge in [0.15, 0.2) is 16.6 Å². The Bertz CT molecular complexity index is 1030. The van der Waals surface area contributed by atoms with Crippen LogP contribution >= 0.6 is 28.1 Å². The van der Waals surface area contributed by atoms with Gasteiger partial charge < -0.3 is 9.47 Å². The molecule has 0 spiro atoms. The highest BCUT2D eigenvalue weighted by molar-refractivity contribution is 9.10. The number of amides is 2. The van der Waals surface area contributed by atoms with Crippen LogP contribution in [0, 0.1) is 5.82 Å². The number of nitrogens with zero attached hydrogens (tertiary/aromatic N) is 2. The number of rotatable bonds is 5. The zero-order valence-corrected chi connectivity index (χ0v) is 18.8. The Balaban J connectivity index is 1.90. The second kappa shape index (κ2) is 8.93. The van der Waals surface area contributed by atoms with Crippen molar-refractivity contribution in [1.29, 1.82) is 0 Å². The molecule has 1 aliphatic heterocycles. The van der Waals surface area contributed by atoms with E-state index >= 15 is 0 Å². The number of halogens is 2. The van der Waals surface area contributed by atoms with Gasteiger partial charge in [-0.25, -0.2) is 4.39 Å². The molecule has 0 radical (unpaired) electrons. The van der Waals surface area contributed by atoms with Gasteiger partial charge >= 0.3 is 0 Å². The summed E-state index contributed by atoms with van der Waals surface area (Å²) in [5.41, 5.74) is 1.34. The highest BCUT2D eigenvalue weighted by Crippen LogP contribution is 2.35. The highest BCUT2D eigenvalue weighted by atomic mass is 79.9. The largest absolute Gasteiger partial charge is 0.493 e. The van der Waals surface area contributed by atoms with E-state index in [1.807, 2.05) is 0 Å². The Kier molecular flexibility index (Phi) is 6.52. The first-order valence-corrected chi connectivity index (χ1v) is 9.99. The maximum atomic E-state index is 13.0. The summed E-state index contributed by atoms with van der Waals surface area (Å²) < 4.78 is 24.9. The first-order valence-electron chi connectivity index (χ1n) is 8.79. The second-order valence-electron chi connectivity index (χ2n) is 6.51. The smallest absolute Gasteiger partial charge is 0.265 e. The van der Waals surface area contributed by atoms with Gasteiger partial charge in [0.25, 0.3) is 11.8 Å². The Hall–Kier alpha value is -2.78. The third kappa shape index (κ3) is 4.36. The van der Waals surface area contributed by atoms with E-state index in [-0.39, 0.29) is 23.1 Å². The molecule has 9 heteroatoms. The van der Waals surface area contributed by atoms with Crippen molar-refractivity contribution < 1.29 is 23.5 Å². The number of methoxy groups -OCH3 is 1. The van der Waals surface area contributed by atoms with Gasteiger partial charge in [-0.1, -0.05) is 28.1 Å². The van der Waals surface area contributed by atoms with Crippen molar-refractivity contribution >= 4 is 51.2 Å². The van der Waals surface area contributed by atoms with Gasteiger partial charge in [0.05, 0.1) is 7.11 Å². The van der Waals surface area contributed by atoms with E-state index in [0.29, 0.717) is 21.5 Å². The van der Waals surface area contributed by atoms with Gasteiger partial charge in [-0.3, -0.25) is 19.4 Å². The minimum atomic E-state index is -0.481. The summed E-state index contributed by atoms with van der Waals surface area (Å²) in [6, 6.07) is 9.33. The number of hydrogen-bond donors (Lipinski definition) is 0. The second-order valence-corrected chi connectivity index (χ2v) is 7.73. The van der Waals surface area contributed by atoms with Gasteiger partial charge in [-0.05, 0) is 53.7 Å². The average Bonchev–Trinajstić information content (AvgIpc) is 2.74. The minimum absolute atomic E-state index is 0.0173. The summed E-state index contributed by atoms with van der Waals surface area (Å²) in [7, 11) is 4.52. The Morgan fingerprint density at radius 3 is 2.23 bits per heavy atom. The molecule has 0 aliphatic carbocycles. The third-order valence-electron chi connectivity index (χ3n) is 4.53. The van der Waals surface area contributed by atoms with E-state index in [1.165, 1.54) is 49.2 Å². The van der Waals surface area contributed by atoms with Crippen molar-refractivity contribution in [2.75, 3.05) is 21.2 Å². The maximum Gasteiger partial charge on any atom is 0.265 e. The molecular weight excluding hydrogens is 475 g/mol. The quantitative estimate of drug-likeness (QED) is 0.361. The first kappa shape index (κ1) is 21.9. The van der Waals surface area contributed by atoms with Crippen LogP contribution in [0.2, 0.25) is 0 Å². The van der Waals surface area contributed by atoms with Crippen molar-refractivity contribution in [3.63, 3.8) is 0 Å². The lowest BCUT2D eigenvalue weighted by molar-refractivity contribution is -0.132. The lowest BCUT2D eigenvalue weighted by Gasteiger charge is -2.31. The molecule has 2 aromatic carbocycles. The molecule has 0 saturated carbocycles. The van der Waals surface area contributed by atoms with Crippen LogP contribution in [-0.4, -0.2) is 47.9 Å². The van der Waals surface area contributed by atoms with Crippen molar-refractivity contribution in [1.82, 2.24) is 9.80 Å². The van der Waals surface area contributed by atoms with Gasteiger partial charge in [0, 0.05) is 18.6 Å². The molecule has 0 atom stereocenters. The van der Waals surface area contributed by atoms with E-state index in [4.69, 9.17) is 21.7 Å². The molecule has 30 heavy (non-hydrogen) atoms. The fraction of sp³-hybridized carbons (Fsp3) is 0.190. The third-order valence-corrected chi connectivity index (χ3v) is 5.77. The molecule has 1 aliphatic rings. The summed E-state index contributed by atoms with van der Waals surface area (Å²) in [5.74, 6) is -0.413. The van der Waals surface area contributed by atoms with Crippen LogP contribution < -0.4 is 9.47 Å². The predicted molar refractivity (Wildman–Crippen MR) is 118 cm³/mol. The van der Waals surface area contributed by atoms with Crippen molar-refractivity contribution in [3.8, 4) is 11.5 Å². The number of likely N-dealkylation sites (N-methyl/N-ethyl adjacent to an activating group) is 2. The Morgan fingerprint density at radius 2 is 1.67 bits per heavy atom. The van der Waals surface area contributed by atoms with Crippen LogP contribution in [0.15, 0.2) is 46.4 Å². The monoisotopic (exact) mass is 492 g/mol. The van der Waals surface area contributed by atoms with Crippen LogP contribution in [0.25, 0.3) is 6.08 Å². The maximum absolute atomic E-state index is 13.0. The number of benzene rings is 2. The van der Waals surface area contributed by atoms with Crippen molar-refractivity contribution in [2.45, 2.75) is 6.61 Å². The summed E-state index contributed by atoms with van der Waals surface area (Å²) in [4.78, 5) is 27.6. The molecule has 2 amide bonds. The standard InChI is InChI=1S/C21H18BrFN2O4S/c1-24-19(26)15(20(27)25(2)21(24)30)8-13-9-17(28-3)18(10-16(13)22)29-11-12-4-6-14(23)7-5-12/h4-10H,11H2,1-3H3. The average molecular weight is 493 g/mol. The van der Waals surface area contributed by atoms with Crippen LogP contribution in [0.1, 0.15) is 11.1 Å². The topological polar surface area (TPSA) is 59.1 Å². The highest BCUT2D eigenvalue weighted by Gasteiger charge is 2.35. The molecule has 1 heterocycles. The number of carbonyl (C=O) groups excluding carboxylic acids is 2. The molecule has 0 unspecified atom stereocenters. The predicted octanol–water partition coefficient (Wildman–Crippen LogP) is 3.77. The van der Waals surface area contributed by atoms with Gasteiger partial charge in [0.1, 0.15) is 18.0 Å². The SMILES string of the molecule is COc1cc(C=C2C(=O)N(C)C(=S)N(C)C2=O)c(Br)cc1OCc1ccc(F)cc1. The lowest BCUT2D eigenvalue weighted by Crippen LogP contribution is -2.52. The molecular formula is C21H18BrFN2O4S. The normalized spacial score (nSPS) is 14.3. The molecule has 0 aromatic heterocycles.